The van der Waals surface area contributed by atoms with Crippen LogP contribution in [-0.2, 0) is 6.54 Å². The second-order valence-electron chi connectivity index (χ2n) is 4.25. The van der Waals surface area contributed by atoms with E-state index in [4.69, 9.17) is 4.74 Å². The highest BCUT2D eigenvalue weighted by molar-refractivity contribution is 5.37. The van der Waals surface area contributed by atoms with Crippen LogP contribution in [0.25, 0.3) is 0 Å². The summed E-state index contributed by atoms with van der Waals surface area (Å²) in [7, 11) is 1.87. The predicted octanol–water partition coefficient (Wildman–Crippen LogP) is 2.61. The molecule has 0 saturated heterocycles. The summed E-state index contributed by atoms with van der Waals surface area (Å²) in [6, 6.07) is 6.06. The Morgan fingerprint density at radius 3 is 2.78 bits per heavy atom. The summed E-state index contributed by atoms with van der Waals surface area (Å²) in [5.41, 5.74) is 3.17. The maximum absolute atomic E-state index is 5.75. The number of hydrogen-bond donors (Lipinski definition) is 1. The van der Waals surface area contributed by atoms with E-state index < -0.39 is 0 Å². The molecule has 0 atom stereocenters. The van der Waals surface area contributed by atoms with Crippen molar-refractivity contribution in [3.8, 4) is 11.6 Å². The van der Waals surface area contributed by atoms with Gasteiger partial charge in [-0.3, -0.25) is 4.98 Å². The zero-order valence-electron chi connectivity index (χ0n) is 10.9. The van der Waals surface area contributed by atoms with Crippen molar-refractivity contribution in [3.05, 3.63) is 47.4 Å². The molecule has 1 aromatic heterocycles. The summed E-state index contributed by atoms with van der Waals surface area (Å²) in [6.45, 7) is 4.76. The lowest BCUT2D eigenvalue weighted by atomic mass is 10.1. The highest BCUT2D eigenvalue weighted by Gasteiger charge is 2.04. The second kappa shape index (κ2) is 5.60. The number of hydrogen-bond acceptors (Lipinski definition) is 4. The van der Waals surface area contributed by atoms with Crippen molar-refractivity contribution in [1.82, 2.24) is 15.3 Å². The van der Waals surface area contributed by atoms with E-state index in [-0.39, 0.29) is 0 Å². The fraction of sp³-hybridized carbons (Fsp3) is 0.286. The molecule has 0 aliphatic carbocycles. The van der Waals surface area contributed by atoms with Gasteiger partial charge in [-0.25, -0.2) is 4.98 Å². The van der Waals surface area contributed by atoms with Crippen LogP contribution in [0.3, 0.4) is 0 Å². The quantitative estimate of drug-likeness (QED) is 0.896. The second-order valence-corrected chi connectivity index (χ2v) is 4.25. The monoisotopic (exact) mass is 243 g/mol. The highest BCUT2D eigenvalue weighted by Crippen LogP contribution is 2.23. The molecule has 0 bridgehead atoms. The molecule has 0 fully saturated rings. The van der Waals surface area contributed by atoms with E-state index in [2.05, 4.69) is 28.3 Å². The number of aryl methyl sites for hydroxylation is 2. The lowest BCUT2D eigenvalue weighted by molar-refractivity contribution is 0.453. The van der Waals surface area contributed by atoms with Crippen molar-refractivity contribution in [2.45, 2.75) is 20.4 Å². The maximum Gasteiger partial charge on any atom is 0.238 e. The molecule has 94 valence electrons. The van der Waals surface area contributed by atoms with E-state index in [0.717, 1.165) is 17.0 Å². The molecule has 0 amide bonds. The van der Waals surface area contributed by atoms with Crippen molar-refractivity contribution in [2.75, 3.05) is 7.05 Å². The fourth-order valence-electron chi connectivity index (χ4n) is 1.73. The summed E-state index contributed by atoms with van der Waals surface area (Å²) in [6.07, 6.45) is 3.35. The zero-order chi connectivity index (χ0) is 13.0. The van der Waals surface area contributed by atoms with Gasteiger partial charge in [-0.2, -0.15) is 0 Å². The Labute approximate surface area is 107 Å². The van der Waals surface area contributed by atoms with Crippen LogP contribution in [0.5, 0.6) is 11.6 Å². The third kappa shape index (κ3) is 3.05. The average molecular weight is 243 g/mol. The molecule has 1 heterocycles. The SMILES string of the molecule is CNCc1cncc(Oc2ccc(C)cc2C)n1. The minimum Gasteiger partial charge on any atom is -0.437 e. The Hall–Kier alpha value is -1.94. The van der Waals surface area contributed by atoms with Crippen molar-refractivity contribution in [2.24, 2.45) is 0 Å². The third-order valence-electron chi connectivity index (χ3n) is 2.57. The van der Waals surface area contributed by atoms with Crippen LogP contribution in [0.2, 0.25) is 0 Å². The van der Waals surface area contributed by atoms with E-state index in [1.54, 1.807) is 12.4 Å². The van der Waals surface area contributed by atoms with E-state index in [1.807, 2.05) is 26.1 Å². The minimum absolute atomic E-state index is 0.523. The smallest absolute Gasteiger partial charge is 0.238 e. The average Bonchev–Trinajstić information content (AvgIpc) is 2.34. The Morgan fingerprint density at radius 2 is 2.06 bits per heavy atom. The Kier molecular flexibility index (Phi) is 3.89. The number of nitrogens with zero attached hydrogens (tertiary/aromatic N) is 2. The van der Waals surface area contributed by atoms with Crippen LogP contribution >= 0.6 is 0 Å². The van der Waals surface area contributed by atoms with Crippen molar-refractivity contribution < 1.29 is 4.74 Å². The van der Waals surface area contributed by atoms with Crippen molar-refractivity contribution in [1.29, 1.82) is 0 Å². The molecule has 2 aromatic rings. The van der Waals surface area contributed by atoms with Gasteiger partial charge in [0.05, 0.1) is 11.9 Å². The number of aromatic nitrogens is 2. The van der Waals surface area contributed by atoms with Crippen LogP contribution in [0.1, 0.15) is 16.8 Å². The van der Waals surface area contributed by atoms with Crippen LogP contribution in [0, 0.1) is 13.8 Å². The molecule has 1 aromatic carbocycles. The lowest BCUT2D eigenvalue weighted by Gasteiger charge is -2.09. The molecule has 0 saturated carbocycles. The first-order chi connectivity index (χ1) is 8.69. The first-order valence-corrected chi connectivity index (χ1v) is 5.89. The van der Waals surface area contributed by atoms with Gasteiger partial charge in [0.2, 0.25) is 5.88 Å². The van der Waals surface area contributed by atoms with Gasteiger partial charge in [-0.15, -0.1) is 0 Å². The van der Waals surface area contributed by atoms with E-state index in [9.17, 15) is 0 Å². The van der Waals surface area contributed by atoms with Gasteiger partial charge < -0.3 is 10.1 Å². The van der Waals surface area contributed by atoms with E-state index in [0.29, 0.717) is 12.4 Å². The summed E-state index contributed by atoms with van der Waals surface area (Å²) in [5.74, 6) is 1.34. The molecule has 0 spiro atoms. The van der Waals surface area contributed by atoms with Gasteiger partial charge in [0.15, 0.2) is 0 Å². The molecule has 4 heteroatoms. The maximum atomic E-state index is 5.75. The van der Waals surface area contributed by atoms with Gasteiger partial charge >= 0.3 is 0 Å². The Balaban J connectivity index is 2.20. The number of benzene rings is 1. The molecular formula is C14H17N3O. The van der Waals surface area contributed by atoms with Gasteiger partial charge in [0, 0.05) is 12.7 Å². The normalized spacial score (nSPS) is 10.4. The number of rotatable bonds is 4. The molecule has 4 nitrogen and oxygen atoms in total. The molecular weight excluding hydrogens is 226 g/mol. The fourth-order valence-corrected chi connectivity index (χ4v) is 1.73. The molecule has 0 aliphatic rings. The first-order valence-electron chi connectivity index (χ1n) is 5.89. The largest absolute Gasteiger partial charge is 0.437 e. The number of nitrogens with one attached hydrogen (secondary N) is 1. The first kappa shape index (κ1) is 12.5. The minimum atomic E-state index is 0.523. The van der Waals surface area contributed by atoms with Crippen molar-refractivity contribution in [3.63, 3.8) is 0 Å². The topological polar surface area (TPSA) is 47.0 Å². The summed E-state index contributed by atoms with van der Waals surface area (Å²) in [4.78, 5) is 8.49. The molecule has 2 rings (SSSR count). The standard InChI is InChI=1S/C14H17N3O/c1-10-4-5-13(11(2)6-10)18-14-9-16-8-12(17-14)7-15-3/h4-6,8-9,15H,7H2,1-3H3. The summed E-state index contributed by atoms with van der Waals surface area (Å²) in [5, 5.41) is 3.04. The van der Waals surface area contributed by atoms with E-state index >= 15 is 0 Å². The van der Waals surface area contributed by atoms with Gasteiger partial charge in [0.1, 0.15) is 5.75 Å². The highest BCUT2D eigenvalue weighted by atomic mass is 16.5. The third-order valence-corrected chi connectivity index (χ3v) is 2.57. The van der Waals surface area contributed by atoms with Crippen LogP contribution in [0.15, 0.2) is 30.6 Å². The van der Waals surface area contributed by atoms with Gasteiger partial charge in [-0.05, 0) is 32.5 Å². The predicted molar refractivity (Wildman–Crippen MR) is 70.8 cm³/mol. The summed E-state index contributed by atoms with van der Waals surface area (Å²) < 4.78 is 5.75. The molecule has 0 aliphatic heterocycles. The molecule has 0 radical (unpaired) electrons. The summed E-state index contributed by atoms with van der Waals surface area (Å²) >= 11 is 0. The van der Waals surface area contributed by atoms with E-state index in [1.165, 1.54) is 5.56 Å². The lowest BCUT2D eigenvalue weighted by Crippen LogP contribution is -2.07. The van der Waals surface area contributed by atoms with Crippen LogP contribution in [0.4, 0.5) is 0 Å². The van der Waals surface area contributed by atoms with Gasteiger partial charge in [-0.1, -0.05) is 17.7 Å². The van der Waals surface area contributed by atoms with Crippen LogP contribution in [-0.4, -0.2) is 17.0 Å². The Bertz CT molecular complexity index is 540. The van der Waals surface area contributed by atoms with Crippen molar-refractivity contribution >= 4 is 0 Å². The number of ether oxygens (including phenoxy) is 1. The molecule has 0 unspecified atom stereocenters. The zero-order valence-corrected chi connectivity index (χ0v) is 10.9. The van der Waals surface area contributed by atoms with Gasteiger partial charge in [0.25, 0.3) is 0 Å². The molecule has 1 N–H and O–H groups in total. The Morgan fingerprint density at radius 1 is 1.22 bits per heavy atom. The van der Waals surface area contributed by atoms with Crippen LogP contribution < -0.4 is 10.1 Å². The molecule has 18 heavy (non-hydrogen) atoms.